The Hall–Kier alpha value is -3.80. The average molecular weight is 439 g/mol. The van der Waals surface area contributed by atoms with Gasteiger partial charge in [-0.3, -0.25) is 14.6 Å². The van der Waals surface area contributed by atoms with Crippen molar-refractivity contribution < 1.29 is 9.59 Å². The van der Waals surface area contributed by atoms with E-state index in [1.54, 1.807) is 18.5 Å². The number of allylic oxidation sites excluding steroid dienone is 1. The van der Waals surface area contributed by atoms with Gasteiger partial charge in [0.1, 0.15) is 5.82 Å². The number of aliphatic imine (C=N–C) groups is 1. The first kappa shape index (κ1) is 21.1. The number of anilines is 1. The molecule has 0 atom stereocenters. The third-order valence-corrected chi connectivity index (χ3v) is 6.20. The number of ketones is 1. The fourth-order valence-corrected chi connectivity index (χ4v) is 4.70. The number of aromatic amines is 1. The zero-order valence-electron chi connectivity index (χ0n) is 18.8. The summed E-state index contributed by atoms with van der Waals surface area (Å²) < 4.78 is 0. The van der Waals surface area contributed by atoms with E-state index < -0.39 is 0 Å². The lowest BCUT2D eigenvalue weighted by Gasteiger charge is -2.28. The molecule has 6 nitrogen and oxygen atoms in total. The minimum atomic E-state index is -0.204. The summed E-state index contributed by atoms with van der Waals surface area (Å²) in [5.74, 6) is 0.449. The Balaban J connectivity index is 1.55. The van der Waals surface area contributed by atoms with Gasteiger partial charge < -0.3 is 10.3 Å². The van der Waals surface area contributed by atoms with Gasteiger partial charge in [-0.25, -0.2) is 4.98 Å². The number of carbonyl (C=O) groups is 2. The monoisotopic (exact) mass is 438 g/mol. The van der Waals surface area contributed by atoms with Crippen LogP contribution in [0, 0.1) is 5.41 Å². The molecule has 5 rings (SSSR count). The number of pyridine rings is 1. The highest BCUT2D eigenvalue weighted by molar-refractivity contribution is 6.07. The van der Waals surface area contributed by atoms with Crippen molar-refractivity contribution in [1.82, 2.24) is 9.97 Å². The molecule has 1 amide bonds. The Kier molecular flexibility index (Phi) is 5.29. The molecule has 1 aliphatic heterocycles. The normalized spacial score (nSPS) is 16.4. The first-order valence-electron chi connectivity index (χ1n) is 11.2. The van der Waals surface area contributed by atoms with Gasteiger partial charge >= 0.3 is 0 Å². The van der Waals surface area contributed by atoms with Gasteiger partial charge in [0.2, 0.25) is 0 Å². The lowest BCUT2D eigenvalue weighted by atomic mass is 9.75. The maximum Gasteiger partial charge on any atom is 0.254 e. The van der Waals surface area contributed by atoms with E-state index in [0.717, 1.165) is 40.1 Å². The number of fused-ring (bicyclic) bond motifs is 1. The summed E-state index contributed by atoms with van der Waals surface area (Å²) in [5, 5.41) is 2.87. The van der Waals surface area contributed by atoms with Gasteiger partial charge in [-0.1, -0.05) is 44.2 Å². The summed E-state index contributed by atoms with van der Waals surface area (Å²) in [6.45, 7) is 4.65. The maximum atomic E-state index is 13.2. The van der Waals surface area contributed by atoms with E-state index in [0.29, 0.717) is 30.8 Å². The molecular weight excluding hydrogens is 412 g/mol. The van der Waals surface area contributed by atoms with Crippen LogP contribution >= 0.6 is 0 Å². The molecule has 6 heteroatoms. The van der Waals surface area contributed by atoms with Crippen molar-refractivity contribution in [3.8, 4) is 11.3 Å². The molecule has 0 bridgehead atoms. The van der Waals surface area contributed by atoms with Crippen LogP contribution in [0.5, 0.6) is 0 Å². The zero-order chi connectivity index (χ0) is 23.0. The number of benzene rings is 1. The maximum absolute atomic E-state index is 13.2. The van der Waals surface area contributed by atoms with Crippen LogP contribution in [0.4, 0.5) is 5.82 Å². The second-order valence-electron chi connectivity index (χ2n) is 9.50. The molecule has 2 aromatic heterocycles. The van der Waals surface area contributed by atoms with Crippen molar-refractivity contribution in [3.05, 3.63) is 82.7 Å². The van der Waals surface area contributed by atoms with Crippen LogP contribution in [-0.4, -0.2) is 34.4 Å². The largest absolute Gasteiger partial charge is 0.358 e. The summed E-state index contributed by atoms with van der Waals surface area (Å²) >= 11 is 0. The predicted molar refractivity (Wildman–Crippen MR) is 130 cm³/mol. The predicted octanol–water partition coefficient (Wildman–Crippen LogP) is 4.77. The Bertz CT molecular complexity index is 1300. The topological polar surface area (TPSA) is 87.2 Å². The van der Waals surface area contributed by atoms with Gasteiger partial charge in [0.05, 0.1) is 12.2 Å². The second-order valence-corrected chi connectivity index (χ2v) is 9.50. The van der Waals surface area contributed by atoms with Crippen molar-refractivity contribution in [2.45, 2.75) is 33.1 Å². The third-order valence-electron chi connectivity index (χ3n) is 6.20. The molecule has 166 valence electrons. The highest BCUT2D eigenvalue weighted by Crippen LogP contribution is 2.40. The van der Waals surface area contributed by atoms with Gasteiger partial charge in [-0.15, -0.1) is 0 Å². The van der Waals surface area contributed by atoms with Gasteiger partial charge in [0, 0.05) is 47.6 Å². The van der Waals surface area contributed by atoms with E-state index in [4.69, 9.17) is 0 Å². The van der Waals surface area contributed by atoms with E-state index >= 15 is 0 Å². The summed E-state index contributed by atoms with van der Waals surface area (Å²) in [4.78, 5) is 37.7. The number of Topliss-reactive ketones (excluding diaryl/α,β-unsaturated/α-hetero) is 1. The number of amides is 1. The Morgan fingerprint density at radius 1 is 1.15 bits per heavy atom. The zero-order valence-corrected chi connectivity index (χ0v) is 18.8. The number of hydrogen-bond acceptors (Lipinski definition) is 4. The lowest BCUT2D eigenvalue weighted by molar-refractivity contribution is -0.112. The molecule has 2 N–H and O–H groups in total. The van der Waals surface area contributed by atoms with E-state index in [9.17, 15) is 9.59 Å². The number of hydrogen-bond donors (Lipinski definition) is 2. The minimum Gasteiger partial charge on any atom is -0.358 e. The highest BCUT2D eigenvalue weighted by atomic mass is 16.1. The summed E-state index contributed by atoms with van der Waals surface area (Å²) in [5.41, 5.74) is 6.30. The van der Waals surface area contributed by atoms with E-state index in [1.165, 1.54) is 0 Å². The van der Waals surface area contributed by atoms with Crippen molar-refractivity contribution in [2.24, 2.45) is 10.4 Å². The first-order valence-corrected chi connectivity index (χ1v) is 11.2. The van der Waals surface area contributed by atoms with Gasteiger partial charge in [0.15, 0.2) is 5.78 Å². The van der Waals surface area contributed by atoms with Crippen molar-refractivity contribution in [3.63, 3.8) is 0 Å². The van der Waals surface area contributed by atoms with Crippen LogP contribution < -0.4 is 5.32 Å². The van der Waals surface area contributed by atoms with E-state index in [-0.39, 0.29) is 17.1 Å². The van der Waals surface area contributed by atoms with Crippen LogP contribution in [0.3, 0.4) is 0 Å². The minimum absolute atomic E-state index is 0.0787. The van der Waals surface area contributed by atoms with Crippen LogP contribution in [0.15, 0.2) is 65.3 Å². The molecule has 33 heavy (non-hydrogen) atoms. The van der Waals surface area contributed by atoms with Gasteiger partial charge in [-0.05, 0) is 41.2 Å². The summed E-state index contributed by atoms with van der Waals surface area (Å²) in [7, 11) is 0. The lowest BCUT2D eigenvalue weighted by Crippen LogP contribution is -2.27. The molecule has 0 saturated carbocycles. The fraction of sp³-hybridized carbons (Fsp3) is 0.259. The SMILES string of the molecule is CC1(C)CC(=O)c2c([nH]c(-c3ccnc(NC(=O)C4=CC=NC4)c3)c2Cc2ccccc2)C1. The second kappa shape index (κ2) is 8.28. The molecule has 3 heterocycles. The smallest absolute Gasteiger partial charge is 0.254 e. The molecule has 1 aromatic carbocycles. The molecule has 0 radical (unpaired) electrons. The van der Waals surface area contributed by atoms with Crippen LogP contribution in [0.25, 0.3) is 11.3 Å². The molecule has 0 spiro atoms. The van der Waals surface area contributed by atoms with E-state index in [1.807, 2.05) is 30.3 Å². The molecule has 0 fully saturated rings. The number of nitrogens with zero attached hydrogens (tertiary/aromatic N) is 2. The Morgan fingerprint density at radius 2 is 1.97 bits per heavy atom. The third kappa shape index (κ3) is 4.29. The highest BCUT2D eigenvalue weighted by Gasteiger charge is 2.35. The molecule has 1 aliphatic carbocycles. The molecule has 0 saturated heterocycles. The number of H-pyrrole nitrogens is 1. The molecule has 0 unspecified atom stereocenters. The van der Waals surface area contributed by atoms with Gasteiger partial charge in [-0.2, -0.15) is 0 Å². The summed E-state index contributed by atoms with van der Waals surface area (Å²) in [6, 6.07) is 13.9. The van der Waals surface area contributed by atoms with E-state index in [2.05, 4.69) is 46.3 Å². The quantitative estimate of drug-likeness (QED) is 0.601. The molecule has 2 aliphatic rings. The number of carbonyl (C=O) groups excluding carboxylic acids is 2. The standard InChI is InChI=1S/C27H26N4O2/c1-27(2)14-21-24(22(32)15-27)20(12-17-6-4-3-5-7-17)25(30-21)18-9-11-29-23(13-18)31-26(33)19-8-10-28-16-19/h3-11,13,30H,12,14-16H2,1-2H3,(H,29,31,33). The van der Waals surface area contributed by atoms with Crippen LogP contribution in [0.1, 0.15) is 47.4 Å². The van der Waals surface area contributed by atoms with Crippen LogP contribution in [0.2, 0.25) is 0 Å². The Labute approximate surface area is 192 Å². The van der Waals surface area contributed by atoms with Gasteiger partial charge in [0.25, 0.3) is 5.91 Å². The Morgan fingerprint density at radius 3 is 2.73 bits per heavy atom. The average Bonchev–Trinajstić information content (AvgIpc) is 3.43. The fourth-order valence-electron chi connectivity index (χ4n) is 4.70. The number of rotatable bonds is 5. The molecular formula is C27H26N4O2. The van der Waals surface area contributed by atoms with Crippen molar-refractivity contribution >= 4 is 23.7 Å². The first-order chi connectivity index (χ1) is 15.9. The van der Waals surface area contributed by atoms with Crippen molar-refractivity contribution in [1.29, 1.82) is 0 Å². The summed E-state index contributed by atoms with van der Waals surface area (Å²) in [6.07, 6.45) is 7.04. The number of nitrogens with one attached hydrogen (secondary N) is 2. The van der Waals surface area contributed by atoms with Crippen molar-refractivity contribution in [2.75, 3.05) is 11.9 Å². The number of aromatic nitrogens is 2. The molecule has 3 aromatic rings. The van der Waals surface area contributed by atoms with Crippen LogP contribution in [-0.2, 0) is 17.6 Å².